The predicted molar refractivity (Wildman–Crippen MR) is 231 cm³/mol. The van der Waals surface area contributed by atoms with Gasteiger partial charge in [-0.15, -0.1) is 0 Å². The molecule has 3 heterocycles. The summed E-state index contributed by atoms with van der Waals surface area (Å²) in [5.41, 5.74) is 13.4. The quantitative estimate of drug-likeness (QED) is 0.197. The second-order valence-corrected chi connectivity index (χ2v) is 16.6. The van der Waals surface area contributed by atoms with Crippen LogP contribution in [0.15, 0.2) is 179 Å². The molecule has 8 aromatic carbocycles. The molecule has 0 fully saturated rings. The molecule has 260 valence electrons. The predicted octanol–water partition coefficient (Wildman–Crippen LogP) is 13.0. The van der Waals surface area contributed by atoms with Crippen molar-refractivity contribution < 1.29 is 0 Å². The topological polar surface area (TPSA) is 29.3 Å². The molecular formula is C51H35N3S. The van der Waals surface area contributed by atoms with Gasteiger partial charge < -0.3 is 9.88 Å². The van der Waals surface area contributed by atoms with E-state index in [9.17, 15) is 0 Å². The highest BCUT2D eigenvalue weighted by molar-refractivity contribution is 8.03. The van der Waals surface area contributed by atoms with Crippen LogP contribution in [0.1, 0.15) is 47.7 Å². The molecule has 1 N–H and O–H groups in total. The van der Waals surface area contributed by atoms with Gasteiger partial charge in [0.25, 0.3) is 0 Å². The zero-order chi connectivity index (χ0) is 36.4. The van der Waals surface area contributed by atoms with Crippen molar-refractivity contribution in [3.63, 3.8) is 0 Å². The van der Waals surface area contributed by atoms with E-state index in [4.69, 9.17) is 4.99 Å². The van der Waals surface area contributed by atoms with Gasteiger partial charge in [-0.1, -0.05) is 165 Å². The number of thioether (sulfide) groups is 1. The van der Waals surface area contributed by atoms with Crippen LogP contribution in [0, 0.1) is 0 Å². The molecule has 0 spiro atoms. The van der Waals surface area contributed by atoms with Crippen molar-refractivity contribution in [1.82, 2.24) is 9.88 Å². The maximum Gasteiger partial charge on any atom is 0.134 e. The number of aromatic nitrogens is 1. The van der Waals surface area contributed by atoms with E-state index in [1.165, 1.54) is 86.7 Å². The SMILES string of the molecule is CC1(C)c2cc(C3=C4Sc5ccccc5C4NC(c4ccccc4)=N3)ccc2-c2c1cc1ccccc1c2-n1c2ccccc2c2ccc3ccccc3c21. The van der Waals surface area contributed by atoms with Crippen molar-refractivity contribution in [2.24, 2.45) is 4.99 Å². The third-order valence-electron chi connectivity index (χ3n) is 12.2. The first kappa shape index (κ1) is 31.0. The number of hydrogen-bond acceptors (Lipinski definition) is 3. The largest absolute Gasteiger partial charge is 0.358 e. The maximum atomic E-state index is 5.43. The lowest BCUT2D eigenvalue weighted by Crippen LogP contribution is -2.32. The van der Waals surface area contributed by atoms with Gasteiger partial charge in [-0.2, -0.15) is 0 Å². The van der Waals surface area contributed by atoms with Crippen LogP contribution in [0.25, 0.3) is 65.9 Å². The second-order valence-electron chi connectivity index (χ2n) is 15.5. The Morgan fingerprint density at radius 2 is 1.33 bits per heavy atom. The number of hydrogen-bond donors (Lipinski definition) is 1. The first-order valence-electron chi connectivity index (χ1n) is 19.1. The molecule has 0 amide bonds. The Kier molecular flexibility index (Phi) is 6.39. The molecule has 12 rings (SSSR count). The van der Waals surface area contributed by atoms with Crippen molar-refractivity contribution in [3.05, 3.63) is 197 Å². The normalized spacial score (nSPS) is 16.6. The highest BCUT2D eigenvalue weighted by Gasteiger charge is 2.40. The zero-order valence-electron chi connectivity index (χ0n) is 30.5. The Hall–Kier alpha value is -6.36. The first-order chi connectivity index (χ1) is 27.0. The molecule has 1 aliphatic carbocycles. The second kappa shape index (κ2) is 11.3. The number of para-hydroxylation sites is 1. The maximum absolute atomic E-state index is 5.43. The summed E-state index contributed by atoms with van der Waals surface area (Å²) < 4.78 is 2.58. The lowest BCUT2D eigenvalue weighted by atomic mass is 9.81. The summed E-state index contributed by atoms with van der Waals surface area (Å²) in [5.74, 6) is 0.914. The highest BCUT2D eigenvalue weighted by atomic mass is 32.2. The van der Waals surface area contributed by atoms with Crippen LogP contribution < -0.4 is 5.32 Å². The molecule has 1 aromatic heterocycles. The van der Waals surface area contributed by atoms with E-state index in [1.807, 2.05) is 11.8 Å². The van der Waals surface area contributed by atoms with E-state index in [2.05, 4.69) is 188 Å². The minimum Gasteiger partial charge on any atom is -0.358 e. The molecule has 3 nitrogen and oxygen atoms in total. The number of benzene rings is 8. The van der Waals surface area contributed by atoms with E-state index in [1.54, 1.807) is 0 Å². The zero-order valence-corrected chi connectivity index (χ0v) is 31.3. The van der Waals surface area contributed by atoms with Crippen molar-refractivity contribution in [1.29, 1.82) is 0 Å². The molecule has 4 heteroatoms. The Labute approximate surface area is 323 Å². The molecule has 0 saturated heterocycles. The number of rotatable bonds is 3. The molecule has 0 saturated carbocycles. The number of aliphatic imine (C=N–C) groups is 1. The molecular weight excluding hydrogens is 687 g/mol. The van der Waals surface area contributed by atoms with Gasteiger partial charge in [0.2, 0.25) is 0 Å². The fraction of sp³-hybridized carbons (Fsp3) is 0.0784. The fourth-order valence-electron chi connectivity index (χ4n) is 9.61. The highest BCUT2D eigenvalue weighted by Crippen LogP contribution is 2.56. The van der Waals surface area contributed by atoms with E-state index >= 15 is 0 Å². The summed E-state index contributed by atoms with van der Waals surface area (Å²) in [6, 6.07) is 60.3. The van der Waals surface area contributed by atoms with E-state index < -0.39 is 0 Å². The van der Waals surface area contributed by atoms with Gasteiger partial charge in [0.15, 0.2) is 0 Å². The average Bonchev–Trinajstić information content (AvgIpc) is 3.85. The smallest absolute Gasteiger partial charge is 0.134 e. The van der Waals surface area contributed by atoms with Gasteiger partial charge >= 0.3 is 0 Å². The van der Waals surface area contributed by atoms with Gasteiger partial charge in [0.05, 0.1) is 28.5 Å². The summed E-state index contributed by atoms with van der Waals surface area (Å²) in [5, 5.41) is 11.4. The third kappa shape index (κ3) is 4.32. The Bertz CT molecular complexity index is 3180. The van der Waals surface area contributed by atoms with Crippen LogP contribution in [0.5, 0.6) is 0 Å². The number of nitrogens with zero attached hydrogens (tertiary/aromatic N) is 2. The van der Waals surface area contributed by atoms with Crippen LogP contribution in [0.2, 0.25) is 0 Å². The Morgan fingerprint density at radius 3 is 2.20 bits per heavy atom. The summed E-state index contributed by atoms with van der Waals surface area (Å²) in [6.07, 6.45) is 0. The van der Waals surface area contributed by atoms with Crippen molar-refractivity contribution in [2.45, 2.75) is 30.2 Å². The van der Waals surface area contributed by atoms with Gasteiger partial charge in [-0.25, -0.2) is 4.99 Å². The molecule has 1 unspecified atom stereocenters. The Morgan fingerprint density at radius 1 is 0.600 bits per heavy atom. The number of nitrogens with one attached hydrogen (secondary N) is 1. The minimum atomic E-state index is -0.254. The monoisotopic (exact) mass is 721 g/mol. The van der Waals surface area contributed by atoms with Crippen LogP contribution in [-0.4, -0.2) is 10.4 Å². The molecule has 0 bridgehead atoms. The fourth-order valence-corrected chi connectivity index (χ4v) is 10.9. The van der Waals surface area contributed by atoms with Crippen molar-refractivity contribution >= 4 is 66.6 Å². The molecule has 2 aliphatic heterocycles. The summed E-state index contributed by atoms with van der Waals surface area (Å²) >= 11 is 1.85. The first-order valence-corrected chi connectivity index (χ1v) is 19.9. The van der Waals surface area contributed by atoms with E-state index in [0.717, 1.165) is 22.7 Å². The van der Waals surface area contributed by atoms with Crippen LogP contribution >= 0.6 is 11.8 Å². The van der Waals surface area contributed by atoms with E-state index in [-0.39, 0.29) is 11.5 Å². The van der Waals surface area contributed by atoms with Crippen LogP contribution in [0.4, 0.5) is 0 Å². The average molecular weight is 722 g/mol. The van der Waals surface area contributed by atoms with Crippen molar-refractivity contribution in [3.8, 4) is 16.8 Å². The lowest BCUT2D eigenvalue weighted by Gasteiger charge is -2.26. The summed E-state index contributed by atoms with van der Waals surface area (Å²) in [6.45, 7) is 4.81. The van der Waals surface area contributed by atoms with Crippen LogP contribution in [0.3, 0.4) is 0 Å². The van der Waals surface area contributed by atoms with Crippen LogP contribution in [-0.2, 0) is 5.41 Å². The molecule has 1 atom stereocenters. The van der Waals surface area contributed by atoms with E-state index in [0.29, 0.717) is 0 Å². The standard InChI is InChI=1S/C51H35N3S/c1-51(2)40-29-33(45-49-46(39-21-11-13-23-43(39)55-49)53-50(52-45)31-15-4-3-5-16-31)25-27-38(40)44-41(51)28-32-17-7-9-19-35(32)48(44)54-42-22-12-10-20-36(42)37-26-24-30-14-6-8-18-34(30)47(37)54/h3-29,46H,1-2H3,(H,52,53). The van der Waals surface area contributed by atoms with Gasteiger partial charge in [-0.05, 0) is 57.3 Å². The summed E-state index contributed by atoms with van der Waals surface area (Å²) in [4.78, 5) is 7.99. The van der Waals surface area contributed by atoms with Crippen molar-refractivity contribution in [2.75, 3.05) is 0 Å². The molecule has 55 heavy (non-hydrogen) atoms. The lowest BCUT2D eigenvalue weighted by molar-refractivity contribution is 0.660. The minimum absolute atomic E-state index is 0.0596. The molecule has 3 aliphatic rings. The number of fused-ring (bicyclic) bond motifs is 12. The molecule has 0 radical (unpaired) electrons. The Balaban J connectivity index is 1.14. The van der Waals surface area contributed by atoms with Gasteiger partial charge in [0, 0.05) is 53.5 Å². The summed E-state index contributed by atoms with van der Waals surface area (Å²) in [7, 11) is 0. The van der Waals surface area contributed by atoms with Gasteiger partial charge in [0.1, 0.15) is 5.84 Å². The molecule has 9 aromatic rings. The number of amidine groups is 1. The third-order valence-corrected chi connectivity index (χ3v) is 13.5. The van der Waals surface area contributed by atoms with Gasteiger partial charge in [-0.3, -0.25) is 0 Å².